The van der Waals surface area contributed by atoms with E-state index in [1.807, 2.05) is 6.92 Å². The molecule has 0 atom stereocenters. The van der Waals surface area contributed by atoms with Gasteiger partial charge in [-0.1, -0.05) is 18.3 Å². The Labute approximate surface area is 103 Å². The summed E-state index contributed by atoms with van der Waals surface area (Å²) < 4.78 is 0. The fourth-order valence-corrected chi connectivity index (χ4v) is 2.09. The van der Waals surface area contributed by atoms with Gasteiger partial charge in [0.2, 0.25) is 0 Å². The van der Waals surface area contributed by atoms with Gasteiger partial charge in [0.1, 0.15) is 0 Å². The predicted molar refractivity (Wildman–Crippen MR) is 67.6 cm³/mol. The quantitative estimate of drug-likeness (QED) is 0.868. The average molecular weight is 248 g/mol. The smallest absolute Gasteiger partial charge is 0.276 e. The Bertz CT molecular complexity index is 498. The molecule has 0 spiro atoms. The summed E-state index contributed by atoms with van der Waals surface area (Å²) in [6.07, 6.45) is 3.24. The summed E-state index contributed by atoms with van der Waals surface area (Å²) in [5.41, 5.74) is 2.32. The highest BCUT2D eigenvalue weighted by Crippen LogP contribution is 2.19. The largest absolute Gasteiger partial charge is 0.345 e. The number of nitrogens with zero attached hydrogens (tertiary/aromatic N) is 3. The minimum absolute atomic E-state index is 0.182. The van der Waals surface area contributed by atoms with Crippen LogP contribution in [-0.2, 0) is 11.3 Å². The molecule has 1 N–H and O–H groups in total. The van der Waals surface area contributed by atoms with Gasteiger partial charge in [-0.3, -0.25) is 14.8 Å². The topological polar surface area (TPSA) is 67.2 Å². The molecule has 1 aromatic heterocycles. The summed E-state index contributed by atoms with van der Waals surface area (Å²) in [5.74, 6) is 0.506. The van der Waals surface area contributed by atoms with Crippen molar-refractivity contribution < 1.29 is 4.79 Å². The minimum Gasteiger partial charge on any atom is -0.345 e. The highest BCUT2D eigenvalue weighted by atomic mass is 32.2. The van der Waals surface area contributed by atoms with E-state index in [0.29, 0.717) is 17.3 Å². The van der Waals surface area contributed by atoms with Gasteiger partial charge in [0.25, 0.3) is 5.91 Å². The number of amides is 1. The molecule has 88 valence electrons. The highest BCUT2D eigenvalue weighted by molar-refractivity contribution is 8.16. The van der Waals surface area contributed by atoms with Crippen LogP contribution in [0, 0.1) is 6.92 Å². The first-order valence-electron chi connectivity index (χ1n) is 5.11. The number of aromatic nitrogens is 2. The van der Waals surface area contributed by atoms with Crippen LogP contribution >= 0.6 is 11.8 Å². The van der Waals surface area contributed by atoms with Crippen molar-refractivity contribution in [2.24, 2.45) is 4.99 Å². The van der Waals surface area contributed by atoms with Gasteiger partial charge in [-0.25, -0.2) is 4.99 Å². The molecule has 1 amide bonds. The zero-order valence-corrected chi connectivity index (χ0v) is 10.3. The van der Waals surface area contributed by atoms with Crippen molar-refractivity contribution in [1.82, 2.24) is 15.3 Å². The Kier molecular flexibility index (Phi) is 3.53. The predicted octanol–water partition coefficient (Wildman–Crippen LogP) is 1.06. The van der Waals surface area contributed by atoms with E-state index in [9.17, 15) is 4.79 Å². The summed E-state index contributed by atoms with van der Waals surface area (Å²) in [7, 11) is 0. The maximum Gasteiger partial charge on any atom is 0.276 e. The zero-order chi connectivity index (χ0) is 12.3. The molecule has 0 aromatic carbocycles. The van der Waals surface area contributed by atoms with Crippen molar-refractivity contribution in [1.29, 1.82) is 0 Å². The molecule has 1 aliphatic heterocycles. The van der Waals surface area contributed by atoms with Crippen molar-refractivity contribution in [3.63, 3.8) is 0 Å². The van der Waals surface area contributed by atoms with E-state index >= 15 is 0 Å². The first-order chi connectivity index (χ1) is 8.16. The summed E-state index contributed by atoms with van der Waals surface area (Å²) >= 11 is 1.40. The monoisotopic (exact) mass is 248 g/mol. The van der Waals surface area contributed by atoms with Crippen LogP contribution in [0.3, 0.4) is 0 Å². The van der Waals surface area contributed by atoms with Gasteiger partial charge in [-0.05, 0) is 6.92 Å². The van der Waals surface area contributed by atoms with Crippen molar-refractivity contribution >= 4 is 22.7 Å². The number of carbonyl (C=O) groups is 1. The van der Waals surface area contributed by atoms with Gasteiger partial charge in [0, 0.05) is 23.8 Å². The van der Waals surface area contributed by atoms with Gasteiger partial charge in [0.15, 0.2) is 5.04 Å². The average Bonchev–Trinajstić information content (AvgIpc) is 2.74. The fourth-order valence-electron chi connectivity index (χ4n) is 1.33. The molecule has 0 unspecified atom stereocenters. The van der Waals surface area contributed by atoms with Crippen LogP contribution in [0.1, 0.15) is 11.4 Å². The van der Waals surface area contributed by atoms with Crippen LogP contribution < -0.4 is 5.32 Å². The molecule has 1 aromatic rings. The van der Waals surface area contributed by atoms with E-state index < -0.39 is 0 Å². The van der Waals surface area contributed by atoms with Gasteiger partial charge >= 0.3 is 0 Å². The first-order valence-corrected chi connectivity index (χ1v) is 6.09. The lowest BCUT2D eigenvalue weighted by Crippen LogP contribution is -2.28. The Hall–Kier alpha value is -1.69. The molecule has 1 aliphatic rings. The standard InChI is InChI=1S/C11H12N4OS/c1-7-6-17-11(15-7)10(16)14-5-9-8(2)12-3-4-13-9/h3-4H,1,5-6H2,2H3,(H,14,16). The normalized spacial score (nSPS) is 14.6. The lowest BCUT2D eigenvalue weighted by atomic mass is 10.3. The maximum atomic E-state index is 11.7. The number of hydrogen-bond acceptors (Lipinski definition) is 5. The molecule has 17 heavy (non-hydrogen) atoms. The Morgan fingerprint density at radius 3 is 2.94 bits per heavy atom. The SMILES string of the molecule is C=C1CSC(C(=O)NCc2nccnc2C)=N1. The van der Waals surface area contributed by atoms with E-state index in [4.69, 9.17) is 0 Å². The molecule has 0 fully saturated rings. The summed E-state index contributed by atoms with van der Waals surface area (Å²) in [6, 6.07) is 0. The van der Waals surface area contributed by atoms with Crippen LogP contribution in [0.4, 0.5) is 0 Å². The van der Waals surface area contributed by atoms with E-state index in [1.54, 1.807) is 12.4 Å². The van der Waals surface area contributed by atoms with Crippen LogP contribution in [0.5, 0.6) is 0 Å². The van der Waals surface area contributed by atoms with E-state index in [0.717, 1.165) is 17.1 Å². The third-order valence-corrected chi connectivity index (χ3v) is 3.26. The lowest BCUT2D eigenvalue weighted by Gasteiger charge is -2.05. The molecular weight excluding hydrogens is 236 g/mol. The van der Waals surface area contributed by atoms with Crippen molar-refractivity contribution in [3.05, 3.63) is 36.1 Å². The van der Waals surface area contributed by atoms with Crippen LogP contribution in [0.15, 0.2) is 29.7 Å². The van der Waals surface area contributed by atoms with E-state index in [-0.39, 0.29) is 5.91 Å². The molecule has 2 heterocycles. The first kappa shape index (κ1) is 11.8. The number of aliphatic imine (C=N–C) groups is 1. The summed E-state index contributed by atoms with van der Waals surface area (Å²) in [6.45, 7) is 5.93. The minimum atomic E-state index is -0.182. The van der Waals surface area contributed by atoms with Gasteiger partial charge in [-0.2, -0.15) is 0 Å². The molecule has 2 rings (SSSR count). The number of thioether (sulfide) groups is 1. The summed E-state index contributed by atoms with van der Waals surface area (Å²) in [5, 5.41) is 3.24. The number of hydrogen-bond donors (Lipinski definition) is 1. The van der Waals surface area contributed by atoms with Crippen molar-refractivity contribution in [2.75, 3.05) is 5.75 Å². The number of rotatable bonds is 3. The third-order valence-electron chi connectivity index (χ3n) is 2.23. The highest BCUT2D eigenvalue weighted by Gasteiger charge is 2.18. The second kappa shape index (κ2) is 5.09. The molecule has 0 aliphatic carbocycles. The maximum absolute atomic E-state index is 11.7. The Morgan fingerprint density at radius 1 is 1.53 bits per heavy atom. The molecule has 5 nitrogen and oxygen atoms in total. The molecule has 0 radical (unpaired) electrons. The number of nitrogens with one attached hydrogen (secondary N) is 1. The zero-order valence-electron chi connectivity index (χ0n) is 9.43. The van der Waals surface area contributed by atoms with Crippen molar-refractivity contribution in [3.8, 4) is 0 Å². The summed E-state index contributed by atoms with van der Waals surface area (Å²) in [4.78, 5) is 24.0. The van der Waals surface area contributed by atoms with Gasteiger partial charge in [-0.15, -0.1) is 0 Å². The number of aryl methyl sites for hydroxylation is 1. The molecule has 0 bridgehead atoms. The lowest BCUT2D eigenvalue weighted by molar-refractivity contribution is -0.114. The Morgan fingerprint density at radius 2 is 2.29 bits per heavy atom. The molecule has 6 heteroatoms. The van der Waals surface area contributed by atoms with Crippen LogP contribution in [-0.4, -0.2) is 26.7 Å². The second-order valence-electron chi connectivity index (χ2n) is 3.54. The van der Waals surface area contributed by atoms with Crippen molar-refractivity contribution in [2.45, 2.75) is 13.5 Å². The van der Waals surface area contributed by atoms with E-state index in [2.05, 4.69) is 26.9 Å². The Balaban J connectivity index is 1.95. The van der Waals surface area contributed by atoms with Crippen LogP contribution in [0.2, 0.25) is 0 Å². The fraction of sp³-hybridized carbons (Fsp3) is 0.273. The van der Waals surface area contributed by atoms with Crippen LogP contribution in [0.25, 0.3) is 0 Å². The molecular formula is C11H12N4OS. The van der Waals surface area contributed by atoms with Gasteiger partial charge < -0.3 is 5.32 Å². The second-order valence-corrected chi connectivity index (χ2v) is 4.51. The van der Waals surface area contributed by atoms with E-state index in [1.165, 1.54) is 11.8 Å². The molecule has 0 saturated heterocycles. The third kappa shape index (κ3) is 2.91. The van der Waals surface area contributed by atoms with Gasteiger partial charge in [0.05, 0.1) is 17.9 Å². The number of carbonyl (C=O) groups excluding carboxylic acids is 1. The molecule has 0 saturated carbocycles.